The lowest BCUT2D eigenvalue weighted by molar-refractivity contribution is 0.564. The molecule has 1 N–H and O–H groups in total. The molecule has 2 aromatic rings. The third-order valence-corrected chi connectivity index (χ3v) is 2.99. The average molecular weight is 227 g/mol. The van der Waals surface area contributed by atoms with Crippen molar-refractivity contribution in [1.29, 1.82) is 0 Å². The smallest absolute Gasteiger partial charge is 0.186 e. The highest BCUT2D eigenvalue weighted by molar-refractivity contribution is 7.79. The minimum absolute atomic E-state index is 0.389. The fourth-order valence-corrected chi connectivity index (χ4v) is 1.99. The molecule has 2 nitrogen and oxygen atoms in total. The van der Waals surface area contributed by atoms with Gasteiger partial charge in [-0.05, 0) is 23.6 Å². The molecule has 0 aromatic heterocycles. The Balaban J connectivity index is 2.73. The van der Waals surface area contributed by atoms with Crippen LogP contribution in [0.4, 0.5) is 0 Å². The summed E-state index contributed by atoms with van der Waals surface area (Å²) in [5.74, 6) is 0. The Kier molecular flexibility index (Phi) is 2.54. The quantitative estimate of drug-likeness (QED) is 0.759. The van der Waals surface area contributed by atoms with Crippen molar-refractivity contribution in [3.8, 4) is 0 Å². The summed E-state index contributed by atoms with van der Waals surface area (Å²) in [5, 5.41) is 2.42. The van der Waals surface area contributed by atoms with Gasteiger partial charge in [0.15, 0.2) is 11.1 Å². The summed E-state index contributed by atoms with van der Waals surface area (Å²) in [6, 6.07) is 10.5. The number of hydrogen-bond acceptors (Lipinski definition) is 1. The molecular formula is C10H7ClO2S. The summed E-state index contributed by atoms with van der Waals surface area (Å²) in [7, 11) is 0. The Labute approximate surface area is 88.8 Å². The molecule has 0 aliphatic heterocycles. The van der Waals surface area contributed by atoms with Gasteiger partial charge in [0, 0.05) is 10.4 Å². The molecule has 4 heteroatoms. The molecule has 2 aromatic carbocycles. The van der Waals surface area contributed by atoms with E-state index in [0.29, 0.717) is 9.92 Å². The molecule has 0 saturated carbocycles. The molecule has 2 rings (SSSR count). The zero-order valence-corrected chi connectivity index (χ0v) is 8.68. The van der Waals surface area contributed by atoms with Crippen LogP contribution in [0.2, 0.25) is 5.02 Å². The van der Waals surface area contributed by atoms with Crippen molar-refractivity contribution in [2.24, 2.45) is 0 Å². The van der Waals surface area contributed by atoms with E-state index < -0.39 is 11.1 Å². The van der Waals surface area contributed by atoms with Gasteiger partial charge in [0.25, 0.3) is 0 Å². The van der Waals surface area contributed by atoms with Gasteiger partial charge in [-0.2, -0.15) is 0 Å². The average Bonchev–Trinajstić information content (AvgIpc) is 2.17. The van der Waals surface area contributed by atoms with Crippen molar-refractivity contribution >= 4 is 33.5 Å². The second-order valence-electron chi connectivity index (χ2n) is 2.87. The minimum atomic E-state index is -1.93. The van der Waals surface area contributed by atoms with Crippen LogP contribution in [0.1, 0.15) is 0 Å². The number of rotatable bonds is 1. The summed E-state index contributed by atoms with van der Waals surface area (Å²) in [4.78, 5) is 0.389. The maximum atomic E-state index is 10.8. The first kappa shape index (κ1) is 9.65. The molecule has 14 heavy (non-hydrogen) atoms. The van der Waals surface area contributed by atoms with Gasteiger partial charge in [0.1, 0.15) is 0 Å². The normalized spacial score (nSPS) is 13.0. The van der Waals surface area contributed by atoms with Crippen LogP contribution < -0.4 is 0 Å². The molecule has 0 aliphatic rings. The van der Waals surface area contributed by atoms with Crippen molar-refractivity contribution in [3.63, 3.8) is 0 Å². The highest BCUT2D eigenvalue weighted by Gasteiger charge is 2.02. The Bertz CT molecular complexity index is 510. The van der Waals surface area contributed by atoms with Gasteiger partial charge in [-0.15, -0.1) is 0 Å². The zero-order chi connectivity index (χ0) is 10.1. The van der Waals surface area contributed by atoms with E-state index in [1.54, 1.807) is 24.3 Å². The number of halogens is 1. The second-order valence-corrected chi connectivity index (χ2v) is 4.25. The van der Waals surface area contributed by atoms with Crippen LogP contribution in [-0.2, 0) is 11.1 Å². The second kappa shape index (κ2) is 3.69. The van der Waals surface area contributed by atoms with E-state index in [9.17, 15) is 4.21 Å². The monoisotopic (exact) mass is 226 g/mol. The first-order chi connectivity index (χ1) is 6.68. The van der Waals surface area contributed by atoms with E-state index in [4.69, 9.17) is 16.2 Å². The predicted octanol–water partition coefficient (Wildman–Crippen LogP) is 3.07. The Morgan fingerprint density at radius 1 is 1.21 bits per heavy atom. The third-order valence-electron chi connectivity index (χ3n) is 2.00. The zero-order valence-electron chi connectivity index (χ0n) is 7.11. The molecule has 0 saturated heterocycles. The Hall–Kier alpha value is -0.900. The van der Waals surface area contributed by atoms with Crippen molar-refractivity contribution in [2.75, 3.05) is 0 Å². The topological polar surface area (TPSA) is 37.3 Å². The van der Waals surface area contributed by atoms with E-state index in [1.807, 2.05) is 12.1 Å². The summed E-state index contributed by atoms with van der Waals surface area (Å²) >= 11 is 4.02. The molecule has 72 valence electrons. The molecule has 0 fully saturated rings. The SMILES string of the molecule is O=S(O)c1ccc2c(Cl)cccc2c1. The maximum absolute atomic E-state index is 10.8. The first-order valence-electron chi connectivity index (χ1n) is 3.97. The van der Waals surface area contributed by atoms with Crippen molar-refractivity contribution in [3.05, 3.63) is 41.4 Å². The van der Waals surface area contributed by atoms with Crippen LogP contribution in [0.25, 0.3) is 10.8 Å². The standard InChI is InChI=1S/C10H7ClO2S/c11-10-3-1-2-7-6-8(14(12)13)4-5-9(7)10/h1-6H,(H,12,13). The van der Waals surface area contributed by atoms with Crippen molar-refractivity contribution < 1.29 is 8.76 Å². The van der Waals surface area contributed by atoms with Crippen LogP contribution in [0.5, 0.6) is 0 Å². The minimum Gasteiger partial charge on any atom is -0.302 e. The lowest BCUT2D eigenvalue weighted by atomic mass is 10.1. The van der Waals surface area contributed by atoms with Gasteiger partial charge in [-0.3, -0.25) is 0 Å². The summed E-state index contributed by atoms with van der Waals surface area (Å²) < 4.78 is 19.7. The molecular weight excluding hydrogens is 220 g/mol. The van der Waals surface area contributed by atoms with Crippen LogP contribution >= 0.6 is 11.6 Å². The lowest BCUT2D eigenvalue weighted by Gasteiger charge is -2.01. The van der Waals surface area contributed by atoms with Crippen LogP contribution in [0.3, 0.4) is 0 Å². The molecule has 0 radical (unpaired) electrons. The molecule has 0 spiro atoms. The fraction of sp³-hybridized carbons (Fsp3) is 0. The van der Waals surface area contributed by atoms with E-state index >= 15 is 0 Å². The summed E-state index contributed by atoms with van der Waals surface area (Å²) in [6.45, 7) is 0. The fourth-order valence-electron chi connectivity index (χ4n) is 1.33. The summed E-state index contributed by atoms with van der Waals surface area (Å²) in [6.07, 6.45) is 0. The van der Waals surface area contributed by atoms with E-state index in [2.05, 4.69) is 0 Å². The number of hydrogen-bond donors (Lipinski definition) is 1. The van der Waals surface area contributed by atoms with E-state index in [1.165, 1.54) is 0 Å². The molecule has 1 atom stereocenters. The predicted molar refractivity (Wildman–Crippen MR) is 58.0 cm³/mol. The van der Waals surface area contributed by atoms with Crippen molar-refractivity contribution in [1.82, 2.24) is 0 Å². The molecule has 1 unspecified atom stereocenters. The Morgan fingerprint density at radius 2 is 2.00 bits per heavy atom. The van der Waals surface area contributed by atoms with Gasteiger partial charge in [0.2, 0.25) is 0 Å². The Morgan fingerprint density at radius 3 is 2.71 bits per heavy atom. The molecule has 0 heterocycles. The molecule has 0 bridgehead atoms. The first-order valence-corrected chi connectivity index (χ1v) is 5.46. The maximum Gasteiger partial charge on any atom is 0.186 e. The number of benzene rings is 2. The molecule has 0 aliphatic carbocycles. The highest BCUT2D eigenvalue weighted by atomic mass is 35.5. The number of fused-ring (bicyclic) bond motifs is 1. The lowest BCUT2D eigenvalue weighted by Crippen LogP contribution is -1.87. The largest absolute Gasteiger partial charge is 0.302 e. The van der Waals surface area contributed by atoms with E-state index in [0.717, 1.165) is 10.8 Å². The van der Waals surface area contributed by atoms with E-state index in [-0.39, 0.29) is 0 Å². The van der Waals surface area contributed by atoms with Crippen LogP contribution in [-0.4, -0.2) is 8.76 Å². The van der Waals surface area contributed by atoms with Gasteiger partial charge in [-0.25, -0.2) is 4.21 Å². The molecule has 0 amide bonds. The van der Waals surface area contributed by atoms with Crippen LogP contribution in [0.15, 0.2) is 41.3 Å². The van der Waals surface area contributed by atoms with Crippen molar-refractivity contribution in [2.45, 2.75) is 4.90 Å². The van der Waals surface area contributed by atoms with Gasteiger partial charge >= 0.3 is 0 Å². The van der Waals surface area contributed by atoms with Gasteiger partial charge in [-0.1, -0.05) is 29.8 Å². The highest BCUT2D eigenvalue weighted by Crippen LogP contribution is 2.24. The summed E-state index contributed by atoms with van der Waals surface area (Å²) in [5.41, 5.74) is 0. The van der Waals surface area contributed by atoms with Crippen LogP contribution in [0, 0.1) is 0 Å². The van der Waals surface area contributed by atoms with Gasteiger partial charge < -0.3 is 4.55 Å². The third kappa shape index (κ3) is 1.66. The van der Waals surface area contributed by atoms with Gasteiger partial charge in [0.05, 0.1) is 4.90 Å².